The molecule has 1 saturated heterocycles. The van der Waals surface area contributed by atoms with Crippen LogP contribution in [0, 0.1) is 5.82 Å². The van der Waals surface area contributed by atoms with Gasteiger partial charge < -0.3 is 9.64 Å². The van der Waals surface area contributed by atoms with Gasteiger partial charge >= 0.3 is 0 Å². The van der Waals surface area contributed by atoms with Crippen molar-refractivity contribution in [3.05, 3.63) is 47.9 Å². The standard InChI is InChI=1S/C19H21FN4O/c1-13(2)19-18(14-5-3-4-6-15(14)20)21-16-7-8-17(22-24(16)19)23-9-11-25-12-10-23/h3-8,13H,9-12H2,1-2H3. The number of rotatable bonds is 3. The fourth-order valence-electron chi connectivity index (χ4n) is 3.27. The molecule has 1 aromatic carbocycles. The third-order valence-corrected chi connectivity index (χ3v) is 4.51. The van der Waals surface area contributed by atoms with Crippen molar-refractivity contribution in [1.29, 1.82) is 0 Å². The summed E-state index contributed by atoms with van der Waals surface area (Å²) in [5.41, 5.74) is 2.85. The average Bonchev–Trinajstić information content (AvgIpc) is 3.01. The van der Waals surface area contributed by atoms with Gasteiger partial charge in [-0.05, 0) is 30.2 Å². The molecule has 1 aliphatic heterocycles. The molecule has 2 aromatic heterocycles. The number of morpholine rings is 1. The van der Waals surface area contributed by atoms with E-state index in [4.69, 9.17) is 9.84 Å². The Labute approximate surface area is 146 Å². The van der Waals surface area contributed by atoms with Gasteiger partial charge in [0.05, 0.1) is 24.6 Å². The lowest BCUT2D eigenvalue weighted by Gasteiger charge is -2.27. The van der Waals surface area contributed by atoms with Gasteiger partial charge in [-0.15, -0.1) is 5.10 Å². The quantitative estimate of drug-likeness (QED) is 0.732. The minimum Gasteiger partial charge on any atom is -0.378 e. The van der Waals surface area contributed by atoms with Crippen LogP contribution in [0.2, 0.25) is 0 Å². The largest absolute Gasteiger partial charge is 0.378 e. The zero-order valence-corrected chi connectivity index (χ0v) is 14.4. The summed E-state index contributed by atoms with van der Waals surface area (Å²) in [4.78, 5) is 6.87. The average molecular weight is 340 g/mol. The second-order valence-electron chi connectivity index (χ2n) is 6.54. The van der Waals surface area contributed by atoms with Crippen molar-refractivity contribution < 1.29 is 9.13 Å². The molecular formula is C19H21FN4O. The maximum atomic E-state index is 14.3. The van der Waals surface area contributed by atoms with Crippen molar-refractivity contribution in [2.24, 2.45) is 0 Å². The van der Waals surface area contributed by atoms with Gasteiger partial charge in [-0.3, -0.25) is 0 Å². The van der Waals surface area contributed by atoms with E-state index in [0.29, 0.717) is 24.5 Å². The van der Waals surface area contributed by atoms with Gasteiger partial charge in [0.15, 0.2) is 5.65 Å². The molecule has 0 atom stereocenters. The normalized spacial score (nSPS) is 15.3. The van der Waals surface area contributed by atoms with Crippen LogP contribution in [-0.4, -0.2) is 40.9 Å². The first-order chi connectivity index (χ1) is 12.1. The molecule has 0 unspecified atom stereocenters. The van der Waals surface area contributed by atoms with Crippen LogP contribution in [0.1, 0.15) is 25.5 Å². The summed E-state index contributed by atoms with van der Waals surface area (Å²) in [6.07, 6.45) is 0. The smallest absolute Gasteiger partial charge is 0.154 e. The Morgan fingerprint density at radius 3 is 2.56 bits per heavy atom. The molecule has 1 aliphatic rings. The number of hydrogen-bond donors (Lipinski definition) is 0. The second kappa shape index (κ2) is 6.44. The van der Waals surface area contributed by atoms with Crippen molar-refractivity contribution in [2.75, 3.05) is 31.2 Å². The minimum atomic E-state index is -0.263. The van der Waals surface area contributed by atoms with Crippen LogP contribution >= 0.6 is 0 Å². The molecule has 0 amide bonds. The number of ether oxygens (including phenoxy) is 1. The molecule has 3 aromatic rings. The Kier molecular flexibility index (Phi) is 4.13. The Morgan fingerprint density at radius 1 is 1.08 bits per heavy atom. The first kappa shape index (κ1) is 16.0. The Hall–Kier alpha value is -2.47. The summed E-state index contributed by atoms with van der Waals surface area (Å²) < 4.78 is 21.6. The van der Waals surface area contributed by atoms with Gasteiger partial charge in [-0.25, -0.2) is 13.9 Å². The van der Waals surface area contributed by atoms with Gasteiger partial charge in [-0.1, -0.05) is 26.0 Å². The molecular weight excluding hydrogens is 319 g/mol. The molecule has 0 radical (unpaired) electrons. The third kappa shape index (κ3) is 2.87. The van der Waals surface area contributed by atoms with Crippen molar-refractivity contribution in [1.82, 2.24) is 14.6 Å². The predicted octanol–water partition coefficient (Wildman–Crippen LogP) is 3.50. The Morgan fingerprint density at radius 2 is 1.84 bits per heavy atom. The van der Waals surface area contributed by atoms with Crippen LogP contribution in [0.25, 0.3) is 16.9 Å². The number of anilines is 1. The zero-order chi connectivity index (χ0) is 17.4. The molecule has 0 spiro atoms. The van der Waals surface area contributed by atoms with E-state index in [1.54, 1.807) is 12.1 Å². The fourth-order valence-corrected chi connectivity index (χ4v) is 3.27. The second-order valence-corrected chi connectivity index (χ2v) is 6.54. The molecule has 1 fully saturated rings. The first-order valence-electron chi connectivity index (χ1n) is 8.62. The number of nitrogens with zero attached hydrogens (tertiary/aromatic N) is 4. The number of hydrogen-bond acceptors (Lipinski definition) is 4. The van der Waals surface area contributed by atoms with E-state index in [-0.39, 0.29) is 11.7 Å². The van der Waals surface area contributed by atoms with Crippen LogP contribution in [0.4, 0.5) is 10.2 Å². The number of halogens is 1. The monoisotopic (exact) mass is 340 g/mol. The van der Waals surface area contributed by atoms with Gasteiger partial charge in [-0.2, -0.15) is 0 Å². The van der Waals surface area contributed by atoms with Crippen LogP contribution in [-0.2, 0) is 4.74 Å². The lowest BCUT2D eigenvalue weighted by atomic mass is 10.0. The molecule has 6 heteroatoms. The van der Waals surface area contributed by atoms with E-state index < -0.39 is 0 Å². The van der Waals surface area contributed by atoms with Crippen molar-refractivity contribution in [3.63, 3.8) is 0 Å². The fraction of sp³-hybridized carbons (Fsp3) is 0.368. The van der Waals surface area contributed by atoms with Crippen LogP contribution in [0.5, 0.6) is 0 Å². The van der Waals surface area contributed by atoms with Crippen LogP contribution < -0.4 is 4.90 Å². The lowest BCUT2D eigenvalue weighted by Crippen LogP contribution is -2.37. The van der Waals surface area contributed by atoms with Crippen LogP contribution in [0.15, 0.2) is 36.4 Å². The maximum Gasteiger partial charge on any atom is 0.154 e. The number of aromatic nitrogens is 3. The van der Waals surface area contributed by atoms with Crippen molar-refractivity contribution in [2.45, 2.75) is 19.8 Å². The zero-order valence-electron chi connectivity index (χ0n) is 14.4. The van der Waals surface area contributed by atoms with E-state index in [1.165, 1.54) is 6.07 Å². The summed E-state index contributed by atoms with van der Waals surface area (Å²) in [6.45, 7) is 7.23. The molecule has 5 nitrogen and oxygen atoms in total. The number of benzene rings is 1. The Bertz CT molecular complexity index is 900. The summed E-state index contributed by atoms with van der Waals surface area (Å²) in [5, 5.41) is 4.80. The molecule has 0 N–H and O–H groups in total. The lowest BCUT2D eigenvalue weighted by molar-refractivity contribution is 0.122. The maximum absolute atomic E-state index is 14.3. The van der Waals surface area contributed by atoms with Gasteiger partial charge in [0.25, 0.3) is 0 Å². The molecule has 25 heavy (non-hydrogen) atoms. The molecule has 4 rings (SSSR count). The predicted molar refractivity (Wildman–Crippen MR) is 95.5 cm³/mol. The summed E-state index contributed by atoms with van der Waals surface area (Å²) in [7, 11) is 0. The molecule has 0 bridgehead atoms. The Balaban J connectivity index is 1.87. The highest BCUT2D eigenvalue weighted by Gasteiger charge is 2.21. The van der Waals surface area contributed by atoms with E-state index in [2.05, 4.69) is 23.7 Å². The summed E-state index contributed by atoms with van der Waals surface area (Å²) >= 11 is 0. The van der Waals surface area contributed by atoms with E-state index in [1.807, 2.05) is 22.7 Å². The number of fused-ring (bicyclic) bond motifs is 1. The van der Waals surface area contributed by atoms with Gasteiger partial charge in [0, 0.05) is 18.7 Å². The third-order valence-electron chi connectivity index (χ3n) is 4.51. The van der Waals surface area contributed by atoms with Crippen molar-refractivity contribution >= 4 is 11.5 Å². The SMILES string of the molecule is CC(C)c1c(-c2ccccc2F)nc2ccc(N3CCOCC3)nn12. The van der Waals surface area contributed by atoms with Gasteiger partial charge in [0.2, 0.25) is 0 Å². The van der Waals surface area contributed by atoms with E-state index in [9.17, 15) is 4.39 Å². The first-order valence-corrected chi connectivity index (χ1v) is 8.62. The summed E-state index contributed by atoms with van der Waals surface area (Å²) in [6, 6.07) is 10.7. The topological polar surface area (TPSA) is 42.7 Å². The van der Waals surface area contributed by atoms with Crippen LogP contribution in [0.3, 0.4) is 0 Å². The van der Waals surface area contributed by atoms with E-state index in [0.717, 1.165) is 30.2 Å². The highest BCUT2D eigenvalue weighted by molar-refractivity contribution is 5.68. The summed E-state index contributed by atoms with van der Waals surface area (Å²) in [5.74, 6) is 0.799. The number of imidazole rings is 1. The molecule has 0 saturated carbocycles. The molecule has 3 heterocycles. The van der Waals surface area contributed by atoms with E-state index >= 15 is 0 Å². The van der Waals surface area contributed by atoms with Gasteiger partial charge in [0.1, 0.15) is 11.6 Å². The molecule has 0 aliphatic carbocycles. The van der Waals surface area contributed by atoms with Crippen molar-refractivity contribution in [3.8, 4) is 11.3 Å². The molecule has 130 valence electrons. The minimum absolute atomic E-state index is 0.164. The highest BCUT2D eigenvalue weighted by atomic mass is 19.1. The highest BCUT2D eigenvalue weighted by Crippen LogP contribution is 2.31.